The molecule has 2 aromatic rings. The van der Waals surface area contributed by atoms with Crippen LogP contribution in [0, 0.1) is 12.7 Å². The molecule has 3 rings (SSSR count). The van der Waals surface area contributed by atoms with E-state index in [1.165, 1.54) is 12.1 Å². The fourth-order valence-corrected chi connectivity index (χ4v) is 3.05. The first kappa shape index (κ1) is 15.0. The second-order valence-corrected chi connectivity index (χ2v) is 6.09. The van der Waals surface area contributed by atoms with Gasteiger partial charge in [0.2, 0.25) is 0 Å². The molecule has 0 unspecified atom stereocenters. The largest absolute Gasteiger partial charge is 0.334 e. The summed E-state index contributed by atoms with van der Waals surface area (Å²) in [7, 11) is 0. The van der Waals surface area contributed by atoms with Gasteiger partial charge in [-0.1, -0.05) is 11.6 Å². The van der Waals surface area contributed by atoms with E-state index in [-0.39, 0.29) is 17.5 Å². The van der Waals surface area contributed by atoms with Crippen LogP contribution in [0.25, 0.3) is 0 Å². The van der Waals surface area contributed by atoms with Gasteiger partial charge >= 0.3 is 0 Å². The number of amides is 1. The third-order valence-electron chi connectivity index (χ3n) is 3.96. The van der Waals surface area contributed by atoms with Crippen molar-refractivity contribution in [2.75, 3.05) is 6.54 Å². The zero-order valence-electron chi connectivity index (χ0n) is 12.3. The Labute approximate surface area is 133 Å². The summed E-state index contributed by atoms with van der Waals surface area (Å²) in [6.07, 6.45) is 5.57. The van der Waals surface area contributed by atoms with Gasteiger partial charge < -0.3 is 4.90 Å². The molecule has 0 bridgehead atoms. The number of aryl methyl sites for hydroxylation is 1. The van der Waals surface area contributed by atoms with E-state index in [1.807, 2.05) is 17.8 Å². The van der Waals surface area contributed by atoms with E-state index in [0.717, 1.165) is 18.4 Å². The minimum atomic E-state index is -0.571. The van der Waals surface area contributed by atoms with Crippen LogP contribution in [-0.4, -0.2) is 33.2 Å². The first-order valence-electron chi connectivity index (χ1n) is 7.29. The van der Waals surface area contributed by atoms with Crippen molar-refractivity contribution in [3.8, 4) is 0 Å². The van der Waals surface area contributed by atoms with Crippen molar-refractivity contribution in [3.63, 3.8) is 0 Å². The van der Waals surface area contributed by atoms with Gasteiger partial charge in [-0.15, -0.1) is 0 Å². The highest BCUT2D eigenvalue weighted by Crippen LogP contribution is 2.23. The maximum absolute atomic E-state index is 14.0. The van der Waals surface area contributed by atoms with Crippen molar-refractivity contribution >= 4 is 17.5 Å². The van der Waals surface area contributed by atoms with E-state index in [2.05, 4.69) is 5.10 Å². The molecule has 22 heavy (non-hydrogen) atoms. The predicted molar refractivity (Wildman–Crippen MR) is 82.4 cm³/mol. The lowest BCUT2D eigenvalue weighted by Gasteiger charge is -2.25. The van der Waals surface area contributed by atoms with Crippen LogP contribution in [0.4, 0.5) is 4.39 Å². The number of hydrogen-bond donors (Lipinski definition) is 0. The molecular weight excluding hydrogens is 305 g/mol. The molecule has 116 valence electrons. The summed E-state index contributed by atoms with van der Waals surface area (Å²) in [6.45, 7) is 3.25. The summed E-state index contributed by atoms with van der Waals surface area (Å²) in [5.74, 6) is -0.848. The molecule has 1 aliphatic heterocycles. The number of carbonyl (C=O) groups excluding carboxylic acids is 1. The lowest BCUT2D eigenvalue weighted by atomic mass is 10.1. The van der Waals surface area contributed by atoms with Crippen molar-refractivity contribution in [1.82, 2.24) is 14.7 Å². The Morgan fingerprint density at radius 2 is 2.32 bits per heavy atom. The van der Waals surface area contributed by atoms with Crippen molar-refractivity contribution in [1.29, 1.82) is 0 Å². The van der Waals surface area contributed by atoms with Gasteiger partial charge in [0.05, 0.1) is 24.3 Å². The Morgan fingerprint density at radius 3 is 3.00 bits per heavy atom. The average Bonchev–Trinajstić information content (AvgIpc) is 3.08. The van der Waals surface area contributed by atoms with Crippen LogP contribution >= 0.6 is 11.6 Å². The second kappa shape index (κ2) is 6.08. The first-order valence-corrected chi connectivity index (χ1v) is 7.67. The quantitative estimate of drug-likeness (QED) is 0.870. The molecule has 1 saturated heterocycles. The monoisotopic (exact) mass is 321 g/mol. The van der Waals surface area contributed by atoms with Gasteiger partial charge in [0.1, 0.15) is 5.82 Å². The van der Waals surface area contributed by atoms with Gasteiger partial charge in [-0.25, -0.2) is 4.39 Å². The van der Waals surface area contributed by atoms with Crippen LogP contribution in [0.1, 0.15) is 28.8 Å². The number of aromatic nitrogens is 2. The van der Waals surface area contributed by atoms with Crippen LogP contribution in [0.2, 0.25) is 5.02 Å². The molecule has 1 atom stereocenters. The molecule has 1 aliphatic rings. The topological polar surface area (TPSA) is 38.1 Å². The smallest absolute Gasteiger partial charge is 0.257 e. The molecule has 0 radical (unpaired) electrons. The van der Waals surface area contributed by atoms with E-state index in [0.29, 0.717) is 18.1 Å². The molecular formula is C16H17ClFN3O. The highest BCUT2D eigenvalue weighted by atomic mass is 35.5. The van der Waals surface area contributed by atoms with Crippen LogP contribution in [0.5, 0.6) is 0 Å². The van der Waals surface area contributed by atoms with Crippen molar-refractivity contribution in [3.05, 3.63) is 52.6 Å². The summed E-state index contributed by atoms with van der Waals surface area (Å²) in [6, 6.07) is 4.21. The van der Waals surface area contributed by atoms with Gasteiger partial charge in [0.25, 0.3) is 5.91 Å². The highest BCUT2D eigenvalue weighted by Gasteiger charge is 2.31. The maximum Gasteiger partial charge on any atom is 0.257 e. The zero-order chi connectivity index (χ0) is 15.7. The van der Waals surface area contributed by atoms with E-state index in [4.69, 9.17) is 11.6 Å². The second-order valence-electron chi connectivity index (χ2n) is 5.66. The highest BCUT2D eigenvalue weighted by molar-refractivity contribution is 6.30. The van der Waals surface area contributed by atoms with Crippen molar-refractivity contribution in [2.24, 2.45) is 0 Å². The third-order valence-corrected chi connectivity index (χ3v) is 4.19. The van der Waals surface area contributed by atoms with Crippen molar-refractivity contribution < 1.29 is 9.18 Å². The molecule has 1 amide bonds. The van der Waals surface area contributed by atoms with Gasteiger partial charge in [-0.05, 0) is 43.5 Å². The summed E-state index contributed by atoms with van der Waals surface area (Å²) in [4.78, 5) is 14.3. The summed E-state index contributed by atoms with van der Waals surface area (Å²) >= 11 is 5.74. The fourth-order valence-electron chi connectivity index (χ4n) is 2.89. The SMILES string of the molecule is Cc1cnn(C[C@H]2CCCN2C(=O)c2ccc(Cl)cc2F)c1. The van der Waals surface area contributed by atoms with Crippen LogP contribution in [0.15, 0.2) is 30.6 Å². The molecule has 2 heterocycles. The lowest BCUT2D eigenvalue weighted by molar-refractivity contribution is 0.0717. The van der Waals surface area contributed by atoms with E-state index < -0.39 is 5.82 Å². The number of halogens is 2. The van der Waals surface area contributed by atoms with Gasteiger partial charge in [0.15, 0.2) is 0 Å². The van der Waals surface area contributed by atoms with E-state index >= 15 is 0 Å². The number of rotatable bonds is 3. The minimum absolute atomic E-state index is 0.0434. The minimum Gasteiger partial charge on any atom is -0.334 e. The lowest BCUT2D eigenvalue weighted by Crippen LogP contribution is -2.38. The number of carbonyl (C=O) groups is 1. The third kappa shape index (κ3) is 2.99. The Kier molecular flexibility index (Phi) is 4.16. The van der Waals surface area contributed by atoms with Gasteiger partial charge in [-0.3, -0.25) is 9.48 Å². The zero-order valence-corrected chi connectivity index (χ0v) is 13.1. The summed E-state index contributed by atoms with van der Waals surface area (Å²) in [5.41, 5.74) is 1.16. The number of hydrogen-bond acceptors (Lipinski definition) is 2. The normalized spacial score (nSPS) is 18.0. The Balaban J connectivity index is 1.78. The van der Waals surface area contributed by atoms with Gasteiger partial charge in [0, 0.05) is 17.8 Å². The summed E-state index contributed by atoms with van der Waals surface area (Å²) < 4.78 is 15.8. The van der Waals surface area contributed by atoms with Crippen molar-refractivity contribution in [2.45, 2.75) is 32.4 Å². The number of likely N-dealkylation sites (tertiary alicyclic amines) is 1. The Morgan fingerprint density at radius 1 is 1.50 bits per heavy atom. The number of nitrogens with zero attached hydrogens (tertiary/aromatic N) is 3. The molecule has 1 fully saturated rings. The van der Waals surface area contributed by atoms with Gasteiger partial charge in [-0.2, -0.15) is 5.10 Å². The molecule has 6 heteroatoms. The van der Waals surface area contributed by atoms with Crippen LogP contribution in [0.3, 0.4) is 0 Å². The Hall–Kier alpha value is -1.88. The average molecular weight is 322 g/mol. The first-order chi connectivity index (χ1) is 10.5. The van der Waals surface area contributed by atoms with Crippen LogP contribution < -0.4 is 0 Å². The molecule has 4 nitrogen and oxygen atoms in total. The Bertz CT molecular complexity index is 700. The predicted octanol–water partition coefficient (Wildman–Crippen LogP) is 3.29. The van der Waals surface area contributed by atoms with Crippen LogP contribution in [-0.2, 0) is 6.54 Å². The standard InChI is InChI=1S/C16H17ClFN3O/c1-11-8-19-20(9-11)10-13-3-2-6-21(13)16(22)14-5-4-12(17)7-15(14)18/h4-5,7-9,13H,2-3,6,10H2,1H3/t13-/m1/s1. The summed E-state index contributed by atoms with van der Waals surface area (Å²) in [5, 5.41) is 4.55. The number of benzene rings is 1. The van der Waals surface area contributed by atoms with E-state index in [9.17, 15) is 9.18 Å². The molecule has 0 N–H and O–H groups in total. The molecule has 1 aromatic heterocycles. The fraction of sp³-hybridized carbons (Fsp3) is 0.375. The van der Waals surface area contributed by atoms with E-state index in [1.54, 1.807) is 17.2 Å². The maximum atomic E-state index is 14.0. The molecule has 0 spiro atoms. The molecule has 0 saturated carbocycles. The molecule has 0 aliphatic carbocycles. The molecule has 1 aromatic carbocycles.